The van der Waals surface area contributed by atoms with Gasteiger partial charge in [-0.2, -0.15) is 0 Å². The zero-order chi connectivity index (χ0) is 24.6. The second-order valence-corrected chi connectivity index (χ2v) is 9.14. The highest BCUT2D eigenvalue weighted by atomic mass is 16.5. The van der Waals surface area contributed by atoms with Crippen molar-refractivity contribution in [1.82, 2.24) is 24.9 Å². The summed E-state index contributed by atoms with van der Waals surface area (Å²) in [6, 6.07) is 15.4. The van der Waals surface area contributed by atoms with Crippen LogP contribution in [0.4, 0.5) is 11.4 Å². The van der Waals surface area contributed by atoms with Gasteiger partial charge in [0.25, 0.3) is 5.56 Å². The van der Waals surface area contributed by atoms with Crippen molar-refractivity contribution in [3.63, 3.8) is 0 Å². The van der Waals surface area contributed by atoms with Crippen LogP contribution in [0.15, 0.2) is 65.7 Å². The standard InChI is InChI=1S/C27H27N7O2/c1-16-15-34(12-13-36-16)18-8-9-21-22(14-18)32-26(31-21)23-24(30-17(2)25-28-10-5-11-29-25)19-6-3-4-7-20(19)33-27(23)35/h3-11,14,16-17H,12-13,15H2,1-2H3,(H,31,32)(H2,30,33,35)/t16-,17?/m0/s1. The van der Waals surface area contributed by atoms with Gasteiger partial charge in [0.1, 0.15) is 17.2 Å². The zero-order valence-corrected chi connectivity index (χ0v) is 20.2. The van der Waals surface area contributed by atoms with Gasteiger partial charge in [-0.05, 0) is 44.2 Å². The minimum absolute atomic E-state index is 0.187. The molecule has 0 amide bonds. The van der Waals surface area contributed by atoms with Gasteiger partial charge in [0.2, 0.25) is 0 Å². The van der Waals surface area contributed by atoms with E-state index in [4.69, 9.17) is 9.72 Å². The number of ether oxygens (including phenoxy) is 1. The third-order valence-electron chi connectivity index (χ3n) is 6.56. The van der Waals surface area contributed by atoms with E-state index in [0.717, 1.165) is 40.7 Å². The van der Waals surface area contributed by atoms with Crippen LogP contribution in [0.3, 0.4) is 0 Å². The quantitative estimate of drug-likeness (QED) is 0.344. The molecule has 0 aliphatic carbocycles. The van der Waals surface area contributed by atoms with Crippen LogP contribution >= 0.6 is 0 Å². The molecule has 3 N–H and O–H groups in total. The van der Waals surface area contributed by atoms with E-state index in [9.17, 15) is 4.79 Å². The summed E-state index contributed by atoms with van der Waals surface area (Å²) in [6.07, 6.45) is 3.61. The van der Waals surface area contributed by atoms with Gasteiger partial charge in [-0.1, -0.05) is 18.2 Å². The van der Waals surface area contributed by atoms with Gasteiger partial charge in [0.15, 0.2) is 0 Å². The summed E-state index contributed by atoms with van der Waals surface area (Å²) in [6.45, 7) is 6.45. The molecule has 9 nitrogen and oxygen atoms in total. The molecule has 2 aromatic carbocycles. The van der Waals surface area contributed by atoms with Crippen molar-refractivity contribution in [2.45, 2.75) is 26.0 Å². The van der Waals surface area contributed by atoms with Crippen molar-refractivity contribution in [3.8, 4) is 11.4 Å². The molecule has 6 rings (SSSR count). The zero-order valence-electron chi connectivity index (χ0n) is 20.2. The lowest BCUT2D eigenvalue weighted by atomic mass is 10.1. The molecule has 0 spiro atoms. The van der Waals surface area contributed by atoms with Gasteiger partial charge in [0.05, 0.1) is 41.0 Å². The number of morpholine rings is 1. The number of para-hydroxylation sites is 1. The van der Waals surface area contributed by atoms with Crippen molar-refractivity contribution in [3.05, 3.63) is 77.1 Å². The number of hydrogen-bond donors (Lipinski definition) is 3. The van der Waals surface area contributed by atoms with Crippen LogP contribution in [0.25, 0.3) is 33.3 Å². The van der Waals surface area contributed by atoms with E-state index in [2.05, 4.69) is 49.2 Å². The molecule has 0 radical (unpaired) electrons. The minimum Gasteiger partial charge on any atom is -0.375 e. The molecule has 1 saturated heterocycles. The molecule has 9 heteroatoms. The Morgan fingerprint density at radius 2 is 1.92 bits per heavy atom. The van der Waals surface area contributed by atoms with Gasteiger partial charge >= 0.3 is 0 Å². The number of aromatic amines is 2. The topological polar surface area (TPSA) is 112 Å². The third-order valence-corrected chi connectivity index (χ3v) is 6.56. The number of imidazole rings is 1. The normalized spacial score (nSPS) is 16.9. The van der Waals surface area contributed by atoms with Crippen molar-refractivity contribution in [2.24, 2.45) is 0 Å². The fourth-order valence-electron chi connectivity index (χ4n) is 4.80. The van der Waals surface area contributed by atoms with Crippen LogP contribution in [0.1, 0.15) is 25.7 Å². The van der Waals surface area contributed by atoms with Crippen molar-refractivity contribution in [1.29, 1.82) is 0 Å². The van der Waals surface area contributed by atoms with Crippen LogP contribution in [0, 0.1) is 0 Å². The van der Waals surface area contributed by atoms with Crippen molar-refractivity contribution in [2.75, 3.05) is 29.9 Å². The first kappa shape index (κ1) is 22.2. The number of benzene rings is 2. The van der Waals surface area contributed by atoms with Crippen LogP contribution < -0.4 is 15.8 Å². The highest BCUT2D eigenvalue weighted by molar-refractivity contribution is 5.99. The number of nitrogens with zero attached hydrogens (tertiary/aromatic N) is 4. The van der Waals surface area contributed by atoms with Gasteiger partial charge in [0, 0.05) is 36.6 Å². The van der Waals surface area contributed by atoms with Crippen LogP contribution in [0.5, 0.6) is 0 Å². The molecule has 5 aromatic rings. The lowest BCUT2D eigenvalue weighted by molar-refractivity contribution is 0.0532. The third kappa shape index (κ3) is 4.07. The van der Waals surface area contributed by atoms with Crippen molar-refractivity contribution >= 4 is 33.3 Å². The van der Waals surface area contributed by atoms with E-state index < -0.39 is 0 Å². The Labute approximate surface area is 207 Å². The Balaban J connectivity index is 1.46. The molecule has 1 unspecified atom stereocenters. The summed E-state index contributed by atoms with van der Waals surface area (Å²) in [5.74, 6) is 1.15. The van der Waals surface area contributed by atoms with Crippen LogP contribution in [-0.2, 0) is 4.74 Å². The van der Waals surface area contributed by atoms with Gasteiger partial charge in [-0.25, -0.2) is 15.0 Å². The maximum absolute atomic E-state index is 13.4. The monoisotopic (exact) mass is 481 g/mol. The minimum atomic E-state index is -0.227. The Kier molecular flexibility index (Phi) is 5.61. The number of rotatable bonds is 5. The van der Waals surface area contributed by atoms with Gasteiger partial charge < -0.3 is 24.9 Å². The summed E-state index contributed by atoms with van der Waals surface area (Å²) in [4.78, 5) is 35.7. The number of nitrogens with one attached hydrogen (secondary N) is 3. The molecule has 1 aliphatic rings. The average molecular weight is 482 g/mol. The molecule has 1 aliphatic heterocycles. The number of anilines is 2. The molecule has 4 heterocycles. The molecule has 2 atom stereocenters. The van der Waals surface area contributed by atoms with E-state index in [1.807, 2.05) is 37.3 Å². The second-order valence-electron chi connectivity index (χ2n) is 9.14. The average Bonchev–Trinajstić information content (AvgIpc) is 3.32. The summed E-state index contributed by atoms with van der Waals surface area (Å²) in [7, 11) is 0. The SMILES string of the molecule is CC(Nc1c(-c2nc3ccc(N4CCO[C@@H](C)C4)cc3[nH]2)c(=O)[nH]c2ccccc12)c1ncccn1. The fraction of sp³-hybridized carbons (Fsp3) is 0.259. The Bertz CT molecular complexity index is 1590. The first-order valence-electron chi connectivity index (χ1n) is 12.1. The second kappa shape index (κ2) is 9.09. The number of pyridine rings is 1. The summed E-state index contributed by atoms with van der Waals surface area (Å²) in [5.41, 5.74) is 4.44. The summed E-state index contributed by atoms with van der Waals surface area (Å²) in [5, 5.41) is 4.38. The molecular formula is C27H27N7O2. The van der Waals surface area contributed by atoms with E-state index in [1.165, 1.54) is 0 Å². The van der Waals surface area contributed by atoms with E-state index in [-0.39, 0.29) is 17.7 Å². The Morgan fingerprint density at radius 1 is 1.08 bits per heavy atom. The predicted molar refractivity (Wildman–Crippen MR) is 141 cm³/mol. The largest absolute Gasteiger partial charge is 0.375 e. The van der Waals surface area contributed by atoms with E-state index in [1.54, 1.807) is 18.5 Å². The molecule has 36 heavy (non-hydrogen) atoms. The molecule has 3 aromatic heterocycles. The summed E-state index contributed by atoms with van der Waals surface area (Å²) < 4.78 is 5.69. The first-order valence-corrected chi connectivity index (χ1v) is 12.1. The predicted octanol–water partition coefficient (Wildman–Crippen LogP) is 4.26. The Hall–Kier alpha value is -4.24. The van der Waals surface area contributed by atoms with Gasteiger partial charge in [-0.15, -0.1) is 0 Å². The number of H-pyrrole nitrogens is 2. The van der Waals surface area contributed by atoms with Crippen LogP contribution in [0.2, 0.25) is 0 Å². The molecule has 0 saturated carbocycles. The number of hydrogen-bond acceptors (Lipinski definition) is 7. The number of fused-ring (bicyclic) bond motifs is 2. The lowest BCUT2D eigenvalue weighted by Gasteiger charge is -2.32. The smallest absolute Gasteiger partial charge is 0.261 e. The number of aromatic nitrogens is 5. The molecule has 182 valence electrons. The van der Waals surface area contributed by atoms with Crippen molar-refractivity contribution < 1.29 is 4.74 Å². The van der Waals surface area contributed by atoms with E-state index >= 15 is 0 Å². The molecule has 0 bridgehead atoms. The van der Waals surface area contributed by atoms with E-state index in [0.29, 0.717) is 29.5 Å². The highest BCUT2D eigenvalue weighted by Gasteiger charge is 2.22. The van der Waals surface area contributed by atoms with Gasteiger partial charge in [-0.3, -0.25) is 4.79 Å². The molecule has 1 fully saturated rings. The molecular weight excluding hydrogens is 454 g/mol. The summed E-state index contributed by atoms with van der Waals surface area (Å²) >= 11 is 0. The Morgan fingerprint density at radius 3 is 2.75 bits per heavy atom. The fourth-order valence-corrected chi connectivity index (χ4v) is 4.80. The first-order chi connectivity index (χ1) is 17.6. The highest BCUT2D eigenvalue weighted by Crippen LogP contribution is 2.33. The lowest BCUT2D eigenvalue weighted by Crippen LogP contribution is -2.41. The maximum Gasteiger partial charge on any atom is 0.261 e. The maximum atomic E-state index is 13.4. The van der Waals surface area contributed by atoms with Crippen LogP contribution in [-0.4, -0.2) is 50.7 Å².